The van der Waals surface area contributed by atoms with E-state index in [-0.39, 0.29) is 11.3 Å². The number of amides is 1. The van der Waals surface area contributed by atoms with E-state index in [1.165, 1.54) is 0 Å². The van der Waals surface area contributed by atoms with Gasteiger partial charge < -0.3 is 9.73 Å². The van der Waals surface area contributed by atoms with E-state index in [1.54, 1.807) is 0 Å². The van der Waals surface area contributed by atoms with Gasteiger partial charge in [0.05, 0.1) is 5.69 Å². The number of carbonyl (C=O) groups excluding carboxylic acids is 1. The zero-order chi connectivity index (χ0) is 14.6. The number of hydrogen-bond acceptors (Lipinski definition) is 3. The largest absolute Gasteiger partial charge is 0.445 e. The molecule has 0 aliphatic carbocycles. The maximum atomic E-state index is 11.1. The van der Waals surface area contributed by atoms with Crippen molar-refractivity contribution in [2.75, 3.05) is 6.54 Å². The molecule has 6 heteroatoms. The zero-order valence-corrected chi connectivity index (χ0v) is 13.2. The van der Waals surface area contributed by atoms with Crippen LogP contribution >= 0.6 is 23.2 Å². The Kier molecular flexibility index (Phi) is 5.68. The standard InChI is InChI=1S/C13H20Cl2N2O2/c1-8-9(19-12(17-8)13(2,3)4)6-5-7-16-11(18)10(14)15/h10H,5-7H2,1-4H3,(H,16,18). The zero-order valence-electron chi connectivity index (χ0n) is 11.7. The molecular weight excluding hydrogens is 287 g/mol. The highest BCUT2D eigenvalue weighted by Gasteiger charge is 2.22. The van der Waals surface area contributed by atoms with E-state index in [1.807, 2.05) is 6.92 Å². The van der Waals surface area contributed by atoms with Crippen LogP contribution in [0.1, 0.15) is 44.5 Å². The lowest BCUT2D eigenvalue weighted by molar-refractivity contribution is -0.119. The molecule has 0 fully saturated rings. The van der Waals surface area contributed by atoms with Gasteiger partial charge in [0, 0.05) is 18.4 Å². The predicted molar refractivity (Wildman–Crippen MR) is 76.8 cm³/mol. The number of nitrogens with one attached hydrogen (secondary N) is 1. The number of carbonyl (C=O) groups is 1. The van der Waals surface area contributed by atoms with Crippen molar-refractivity contribution in [3.8, 4) is 0 Å². The average Bonchev–Trinajstić information content (AvgIpc) is 2.65. The van der Waals surface area contributed by atoms with Gasteiger partial charge in [0.1, 0.15) is 5.76 Å². The van der Waals surface area contributed by atoms with Gasteiger partial charge >= 0.3 is 0 Å². The van der Waals surface area contributed by atoms with E-state index in [0.29, 0.717) is 6.54 Å². The van der Waals surface area contributed by atoms with E-state index in [4.69, 9.17) is 27.6 Å². The van der Waals surface area contributed by atoms with Crippen molar-refractivity contribution in [3.05, 3.63) is 17.3 Å². The molecule has 108 valence electrons. The predicted octanol–water partition coefficient (Wildman–Crippen LogP) is 3.13. The fourth-order valence-corrected chi connectivity index (χ4v) is 1.67. The number of rotatable bonds is 5. The molecule has 1 rings (SSSR count). The number of nitrogens with zero attached hydrogens (tertiary/aromatic N) is 1. The van der Waals surface area contributed by atoms with E-state index < -0.39 is 4.84 Å². The van der Waals surface area contributed by atoms with Crippen LogP contribution in [-0.2, 0) is 16.6 Å². The monoisotopic (exact) mass is 306 g/mol. The van der Waals surface area contributed by atoms with Gasteiger partial charge in [0.15, 0.2) is 10.7 Å². The smallest absolute Gasteiger partial charge is 0.253 e. The van der Waals surface area contributed by atoms with Gasteiger partial charge in [-0.15, -0.1) is 0 Å². The molecule has 1 aromatic heterocycles. The van der Waals surface area contributed by atoms with Crippen molar-refractivity contribution in [3.63, 3.8) is 0 Å². The highest BCUT2D eigenvalue weighted by molar-refractivity contribution is 6.53. The summed E-state index contributed by atoms with van der Waals surface area (Å²) in [5.74, 6) is 1.24. The van der Waals surface area contributed by atoms with E-state index in [0.717, 1.165) is 30.2 Å². The Labute approximate surface area is 123 Å². The highest BCUT2D eigenvalue weighted by Crippen LogP contribution is 2.24. The molecule has 0 aromatic carbocycles. The molecule has 0 saturated carbocycles. The molecule has 0 aliphatic heterocycles. The Morgan fingerprint density at radius 2 is 2.05 bits per heavy atom. The molecule has 1 heterocycles. The molecule has 4 nitrogen and oxygen atoms in total. The Balaban J connectivity index is 2.46. The Hall–Kier alpha value is -0.740. The van der Waals surface area contributed by atoms with Gasteiger partial charge in [0.25, 0.3) is 5.91 Å². The second kappa shape index (κ2) is 6.62. The van der Waals surface area contributed by atoms with Crippen molar-refractivity contribution in [1.82, 2.24) is 10.3 Å². The first-order valence-electron chi connectivity index (χ1n) is 6.24. The maximum absolute atomic E-state index is 11.1. The fourth-order valence-electron chi connectivity index (χ4n) is 1.52. The molecule has 0 spiro atoms. The van der Waals surface area contributed by atoms with Gasteiger partial charge in [-0.3, -0.25) is 4.79 Å². The van der Waals surface area contributed by atoms with Crippen molar-refractivity contribution >= 4 is 29.1 Å². The molecule has 19 heavy (non-hydrogen) atoms. The molecule has 0 aliphatic rings. The molecule has 0 bridgehead atoms. The topological polar surface area (TPSA) is 55.1 Å². The summed E-state index contributed by atoms with van der Waals surface area (Å²) >= 11 is 10.9. The second-order valence-electron chi connectivity index (χ2n) is 5.47. The van der Waals surface area contributed by atoms with Crippen LogP contribution < -0.4 is 5.32 Å². The molecule has 1 amide bonds. The van der Waals surface area contributed by atoms with Crippen LogP contribution in [0.25, 0.3) is 0 Å². The minimum atomic E-state index is -1.01. The van der Waals surface area contributed by atoms with E-state index in [2.05, 4.69) is 31.1 Å². The van der Waals surface area contributed by atoms with Gasteiger partial charge in [-0.2, -0.15) is 0 Å². The molecule has 1 aromatic rings. The number of hydrogen-bond donors (Lipinski definition) is 1. The second-order valence-corrected chi connectivity index (χ2v) is 6.57. The Morgan fingerprint density at radius 3 is 2.53 bits per heavy atom. The lowest BCUT2D eigenvalue weighted by atomic mass is 9.97. The Morgan fingerprint density at radius 1 is 1.42 bits per heavy atom. The normalized spacial score (nSPS) is 11.9. The highest BCUT2D eigenvalue weighted by atomic mass is 35.5. The SMILES string of the molecule is Cc1nc(C(C)(C)C)oc1CCCNC(=O)C(Cl)Cl. The van der Waals surface area contributed by atoms with Crippen LogP contribution in [0, 0.1) is 6.92 Å². The van der Waals surface area contributed by atoms with Crippen LogP contribution in [0.4, 0.5) is 0 Å². The van der Waals surface area contributed by atoms with Crippen molar-refractivity contribution in [2.45, 2.75) is 50.8 Å². The fraction of sp³-hybridized carbons (Fsp3) is 0.692. The summed E-state index contributed by atoms with van der Waals surface area (Å²) in [6, 6.07) is 0. The average molecular weight is 307 g/mol. The van der Waals surface area contributed by atoms with E-state index in [9.17, 15) is 4.79 Å². The third-order valence-electron chi connectivity index (χ3n) is 2.61. The van der Waals surface area contributed by atoms with Crippen LogP contribution in [0.3, 0.4) is 0 Å². The van der Waals surface area contributed by atoms with Gasteiger partial charge in [-0.25, -0.2) is 4.98 Å². The van der Waals surface area contributed by atoms with Crippen LogP contribution in [0.15, 0.2) is 4.42 Å². The van der Waals surface area contributed by atoms with Gasteiger partial charge in [-0.05, 0) is 13.3 Å². The molecule has 0 atom stereocenters. The van der Waals surface area contributed by atoms with Crippen molar-refractivity contribution < 1.29 is 9.21 Å². The minimum Gasteiger partial charge on any atom is -0.445 e. The summed E-state index contributed by atoms with van der Waals surface area (Å²) in [5.41, 5.74) is 0.811. The van der Waals surface area contributed by atoms with Crippen molar-refractivity contribution in [2.24, 2.45) is 0 Å². The third kappa shape index (κ3) is 5.03. The first-order chi connectivity index (χ1) is 8.71. The molecular formula is C13H20Cl2N2O2. The third-order valence-corrected chi connectivity index (χ3v) is 3.01. The van der Waals surface area contributed by atoms with Crippen LogP contribution in [-0.4, -0.2) is 22.3 Å². The van der Waals surface area contributed by atoms with Crippen LogP contribution in [0.2, 0.25) is 0 Å². The first-order valence-corrected chi connectivity index (χ1v) is 7.11. The Bertz CT molecular complexity index is 436. The first kappa shape index (κ1) is 16.3. The summed E-state index contributed by atoms with van der Waals surface area (Å²) in [6.07, 6.45) is 1.48. The summed E-state index contributed by atoms with van der Waals surface area (Å²) in [4.78, 5) is 14.6. The van der Waals surface area contributed by atoms with Crippen LogP contribution in [0.5, 0.6) is 0 Å². The number of aromatic nitrogens is 1. The van der Waals surface area contributed by atoms with Gasteiger partial charge in [0.2, 0.25) is 0 Å². The quantitative estimate of drug-likeness (QED) is 0.671. The summed E-state index contributed by atoms with van der Waals surface area (Å²) in [5, 5.41) is 2.64. The number of alkyl halides is 2. The number of aryl methyl sites for hydroxylation is 2. The number of oxazole rings is 1. The molecule has 0 saturated heterocycles. The summed E-state index contributed by atoms with van der Waals surface area (Å²) in [6.45, 7) is 8.62. The van der Waals surface area contributed by atoms with Crippen molar-refractivity contribution in [1.29, 1.82) is 0 Å². The molecule has 1 N–H and O–H groups in total. The van der Waals surface area contributed by atoms with E-state index >= 15 is 0 Å². The lowest BCUT2D eigenvalue weighted by Gasteiger charge is -2.12. The molecule has 0 radical (unpaired) electrons. The summed E-state index contributed by atoms with van der Waals surface area (Å²) < 4.78 is 5.76. The molecule has 0 unspecified atom stereocenters. The number of halogens is 2. The van der Waals surface area contributed by atoms with Gasteiger partial charge in [-0.1, -0.05) is 44.0 Å². The summed E-state index contributed by atoms with van der Waals surface area (Å²) in [7, 11) is 0. The maximum Gasteiger partial charge on any atom is 0.253 e. The minimum absolute atomic E-state index is 0.0955. The lowest BCUT2D eigenvalue weighted by Crippen LogP contribution is -2.29.